The first-order valence-electron chi connectivity index (χ1n) is 7.15. The van der Waals surface area contributed by atoms with Gasteiger partial charge in [-0.1, -0.05) is 41.4 Å². The fraction of sp³-hybridized carbons (Fsp3) is 0.118. The summed E-state index contributed by atoms with van der Waals surface area (Å²) in [7, 11) is 1.61. The summed E-state index contributed by atoms with van der Waals surface area (Å²) in [4.78, 5) is 33.1. The lowest BCUT2D eigenvalue weighted by atomic mass is 10.2. The minimum Gasteiger partial charge on any atom is -0.334 e. The van der Waals surface area contributed by atoms with Gasteiger partial charge in [0.05, 0.1) is 33.1 Å². The van der Waals surface area contributed by atoms with Crippen molar-refractivity contribution in [2.75, 3.05) is 7.05 Å². The van der Waals surface area contributed by atoms with Crippen molar-refractivity contribution >= 4 is 40.0 Å². The molecule has 3 rings (SSSR count). The van der Waals surface area contributed by atoms with Crippen molar-refractivity contribution in [2.24, 2.45) is 0 Å². The van der Waals surface area contributed by atoms with E-state index in [9.17, 15) is 9.59 Å². The Labute approximate surface area is 147 Å². The average molecular weight is 362 g/mol. The molecule has 1 aromatic heterocycles. The summed E-state index contributed by atoms with van der Waals surface area (Å²) in [5.74, 6) is 0.0889. The molecule has 3 aromatic rings. The Hall–Kier alpha value is -2.37. The number of halogens is 2. The lowest BCUT2D eigenvalue weighted by molar-refractivity contribution is 0.0781. The number of nitrogens with zero attached hydrogens (tertiary/aromatic N) is 2. The van der Waals surface area contributed by atoms with Gasteiger partial charge in [0.25, 0.3) is 11.5 Å². The maximum Gasteiger partial charge on any atom is 0.258 e. The summed E-state index contributed by atoms with van der Waals surface area (Å²) in [5.41, 5.74) is 0.643. The van der Waals surface area contributed by atoms with E-state index < -0.39 is 0 Å². The number of hydrogen-bond acceptors (Lipinski definition) is 3. The minimum atomic E-state index is -0.307. The van der Waals surface area contributed by atoms with Crippen LogP contribution in [0.15, 0.2) is 47.3 Å². The van der Waals surface area contributed by atoms with Gasteiger partial charge < -0.3 is 9.88 Å². The monoisotopic (exact) mass is 361 g/mol. The highest BCUT2D eigenvalue weighted by molar-refractivity contribution is 6.43. The van der Waals surface area contributed by atoms with Gasteiger partial charge in [0, 0.05) is 7.05 Å². The zero-order chi connectivity index (χ0) is 17.3. The predicted molar refractivity (Wildman–Crippen MR) is 94.6 cm³/mol. The van der Waals surface area contributed by atoms with E-state index >= 15 is 0 Å². The summed E-state index contributed by atoms with van der Waals surface area (Å²) >= 11 is 12.0. The third kappa shape index (κ3) is 3.13. The molecule has 0 aliphatic heterocycles. The van der Waals surface area contributed by atoms with E-state index in [4.69, 9.17) is 23.2 Å². The summed E-state index contributed by atoms with van der Waals surface area (Å²) in [6, 6.07) is 11.9. The Morgan fingerprint density at radius 2 is 1.92 bits per heavy atom. The minimum absolute atomic E-state index is 0.141. The van der Waals surface area contributed by atoms with Gasteiger partial charge in [-0.3, -0.25) is 9.59 Å². The molecule has 122 valence electrons. The molecular weight excluding hydrogens is 349 g/mol. The molecule has 0 bridgehead atoms. The molecule has 0 radical (unpaired) electrons. The maximum atomic E-state index is 12.5. The second kappa shape index (κ2) is 6.63. The van der Waals surface area contributed by atoms with Crippen LogP contribution in [0.3, 0.4) is 0 Å². The molecule has 0 saturated heterocycles. The zero-order valence-electron chi connectivity index (χ0n) is 12.7. The lowest BCUT2D eigenvalue weighted by Crippen LogP contribution is -2.28. The number of fused-ring (bicyclic) bond motifs is 1. The van der Waals surface area contributed by atoms with E-state index in [1.165, 1.54) is 4.90 Å². The number of aromatic nitrogens is 2. The summed E-state index contributed by atoms with van der Waals surface area (Å²) in [5, 5.41) is 1.03. The van der Waals surface area contributed by atoms with Crippen LogP contribution in [-0.4, -0.2) is 27.8 Å². The van der Waals surface area contributed by atoms with Crippen molar-refractivity contribution in [3.63, 3.8) is 0 Å². The quantitative estimate of drug-likeness (QED) is 0.776. The van der Waals surface area contributed by atoms with Gasteiger partial charge in [0.15, 0.2) is 0 Å². The highest BCUT2D eigenvalue weighted by Crippen LogP contribution is 2.26. The Morgan fingerprint density at radius 3 is 2.71 bits per heavy atom. The van der Waals surface area contributed by atoms with Gasteiger partial charge in [0.1, 0.15) is 5.82 Å². The van der Waals surface area contributed by atoms with Crippen LogP contribution in [0.5, 0.6) is 0 Å². The number of benzene rings is 2. The van der Waals surface area contributed by atoms with Crippen LogP contribution in [-0.2, 0) is 6.54 Å². The van der Waals surface area contributed by atoms with Crippen LogP contribution in [0.25, 0.3) is 10.9 Å². The molecule has 1 heterocycles. The van der Waals surface area contributed by atoms with Crippen LogP contribution in [0, 0.1) is 0 Å². The van der Waals surface area contributed by atoms with E-state index in [1.807, 2.05) is 0 Å². The lowest BCUT2D eigenvalue weighted by Gasteiger charge is -2.17. The molecule has 5 nitrogen and oxygen atoms in total. The van der Waals surface area contributed by atoms with Crippen LogP contribution in [0.4, 0.5) is 0 Å². The second-order valence-electron chi connectivity index (χ2n) is 5.29. The van der Waals surface area contributed by atoms with E-state index in [2.05, 4.69) is 9.97 Å². The molecule has 7 heteroatoms. The van der Waals surface area contributed by atoms with Crippen molar-refractivity contribution in [1.29, 1.82) is 0 Å². The van der Waals surface area contributed by atoms with Crippen molar-refractivity contribution in [1.82, 2.24) is 14.9 Å². The molecule has 0 aliphatic carbocycles. The van der Waals surface area contributed by atoms with Gasteiger partial charge >= 0.3 is 0 Å². The predicted octanol–water partition coefficient (Wildman–Crippen LogP) is 3.50. The summed E-state index contributed by atoms with van der Waals surface area (Å²) in [6.45, 7) is 0.141. The number of carbonyl (C=O) groups excluding carboxylic acids is 1. The second-order valence-corrected chi connectivity index (χ2v) is 6.08. The van der Waals surface area contributed by atoms with Crippen LogP contribution in [0.2, 0.25) is 10.0 Å². The Bertz CT molecular complexity index is 985. The van der Waals surface area contributed by atoms with Gasteiger partial charge in [-0.05, 0) is 24.3 Å². The first-order valence-corrected chi connectivity index (χ1v) is 7.90. The summed E-state index contributed by atoms with van der Waals surface area (Å²) < 4.78 is 0. The highest BCUT2D eigenvalue weighted by Gasteiger charge is 2.18. The van der Waals surface area contributed by atoms with Gasteiger partial charge in [-0.25, -0.2) is 4.98 Å². The molecule has 0 spiro atoms. The van der Waals surface area contributed by atoms with E-state index in [-0.39, 0.29) is 23.0 Å². The van der Waals surface area contributed by atoms with Crippen LogP contribution in [0.1, 0.15) is 16.2 Å². The number of hydrogen-bond donors (Lipinski definition) is 1. The molecule has 0 aliphatic rings. The number of para-hydroxylation sites is 1. The Kier molecular flexibility index (Phi) is 4.55. The maximum absolute atomic E-state index is 12.5. The molecule has 0 atom stereocenters. The van der Waals surface area contributed by atoms with Crippen molar-refractivity contribution < 1.29 is 4.79 Å². The van der Waals surface area contributed by atoms with Crippen molar-refractivity contribution in [3.8, 4) is 0 Å². The van der Waals surface area contributed by atoms with Crippen molar-refractivity contribution in [2.45, 2.75) is 6.54 Å². The molecule has 0 unspecified atom stereocenters. The molecule has 0 saturated carbocycles. The van der Waals surface area contributed by atoms with E-state index in [1.54, 1.807) is 49.5 Å². The average Bonchev–Trinajstić information content (AvgIpc) is 2.57. The number of H-pyrrole nitrogens is 1. The van der Waals surface area contributed by atoms with Crippen molar-refractivity contribution in [3.05, 3.63) is 74.3 Å². The molecule has 0 fully saturated rings. The molecule has 1 N–H and O–H groups in total. The standard InChI is InChI=1S/C17H13Cl2N3O2/c1-22(17(24)11-6-4-7-12(18)15(11)19)9-14-20-13-8-3-2-5-10(13)16(23)21-14/h2-8H,9H2,1H3,(H,20,21,23). The third-order valence-electron chi connectivity index (χ3n) is 3.58. The molecule has 24 heavy (non-hydrogen) atoms. The van der Waals surface area contributed by atoms with Crippen LogP contribution >= 0.6 is 23.2 Å². The normalized spacial score (nSPS) is 10.8. The number of carbonyl (C=O) groups is 1. The number of nitrogens with one attached hydrogen (secondary N) is 1. The number of rotatable bonds is 3. The smallest absolute Gasteiger partial charge is 0.258 e. The topological polar surface area (TPSA) is 66.1 Å². The van der Waals surface area contributed by atoms with E-state index in [0.29, 0.717) is 27.3 Å². The van der Waals surface area contributed by atoms with E-state index in [0.717, 1.165) is 0 Å². The summed E-state index contributed by atoms with van der Waals surface area (Å²) in [6.07, 6.45) is 0. The number of amides is 1. The van der Waals surface area contributed by atoms with Gasteiger partial charge in [-0.2, -0.15) is 0 Å². The highest BCUT2D eigenvalue weighted by atomic mass is 35.5. The fourth-order valence-corrected chi connectivity index (χ4v) is 2.76. The van der Waals surface area contributed by atoms with Gasteiger partial charge in [0.2, 0.25) is 0 Å². The largest absolute Gasteiger partial charge is 0.334 e. The Morgan fingerprint density at radius 1 is 1.17 bits per heavy atom. The third-order valence-corrected chi connectivity index (χ3v) is 4.40. The molecule has 1 amide bonds. The first kappa shape index (κ1) is 16.5. The molecular formula is C17H13Cl2N3O2. The number of aromatic amines is 1. The molecule has 2 aromatic carbocycles. The SMILES string of the molecule is CN(Cc1nc2ccccc2c(=O)[nH]1)C(=O)c1cccc(Cl)c1Cl. The van der Waals surface area contributed by atoms with Crippen LogP contribution < -0.4 is 5.56 Å². The fourth-order valence-electron chi connectivity index (χ4n) is 2.38. The first-order chi connectivity index (χ1) is 11.5. The zero-order valence-corrected chi connectivity index (χ0v) is 14.2. The Balaban J connectivity index is 1.89. The van der Waals surface area contributed by atoms with Gasteiger partial charge in [-0.15, -0.1) is 0 Å².